The van der Waals surface area contributed by atoms with E-state index in [1.807, 2.05) is 12.1 Å². The topological polar surface area (TPSA) is 123 Å². The van der Waals surface area contributed by atoms with Gasteiger partial charge in [0.15, 0.2) is 23.6 Å². The van der Waals surface area contributed by atoms with Gasteiger partial charge in [0.25, 0.3) is 11.8 Å². The number of hydrogen-bond acceptors (Lipinski definition) is 10. The van der Waals surface area contributed by atoms with Crippen LogP contribution in [0.4, 0.5) is 5.69 Å². The van der Waals surface area contributed by atoms with E-state index >= 15 is 0 Å². The van der Waals surface area contributed by atoms with Gasteiger partial charge >= 0.3 is 0 Å². The molecule has 3 aliphatic heterocycles. The number of carbonyl (C=O) groups is 2. The van der Waals surface area contributed by atoms with Crippen LogP contribution >= 0.6 is 0 Å². The number of hydrogen-bond donors (Lipinski definition) is 0. The van der Waals surface area contributed by atoms with Gasteiger partial charge in [-0.15, -0.1) is 0 Å². The quantitative estimate of drug-likeness (QED) is 0.532. The molecule has 0 spiro atoms. The maximum atomic E-state index is 13.2. The molecule has 0 saturated carbocycles. The van der Waals surface area contributed by atoms with Gasteiger partial charge in [-0.2, -0.15) is 10.1 Å². The fourth-order valence-corrected chi connectivity index (χ4v) is 4.23. The monoisotopic (exact) mass is 460 g/mol. The van der Waals surface area contributed by atoms with Gasteiger partial charge in [0.1, 0.15) is 6.54 Å². The Morgan fingerprint density at radius 3 is 2.62 bits per heavy atom. The van der Waals surface area contributed by atoms with Gasteiger partial charge in [-0.25, -0.2) is 4.90 Å². The van der Waals surface area contributed by atoms with E-state index in [0.717, 1.165) is 5.56 Å². The zero-order chi connectivity index (χ0) is 23.4. The van der Waals surface area contributed by atoms with Crippen molar-refractivity contribution in [3.63, 3.8) is 0 Å². The van der Waals surface area contributed by atoms with E-state index in [1.165, 1.54) is 9.91 Å². The summed E-state index contributed by atoms with van der Waals surface area (Å²) in [6.45, 7) is 4.38. The van der Waals surface area contributed by atoms with Crippen LogP contribution in [0.1, 0.15) is 31.2 Å². The molecule has 1 fully saturated rings. The highest BCUT2D eigenvalue weighted by Gasteiger charge is 2.55. The third-order valence-corrected chi connectivity index (χ3v) is 6.07. The van der Waals surface area contributed by atoms with Crippen molar-refractivity contribution in [2.75, 3.05) is 11.7 Å². The van der Waals surface area contributed by atoms with Crippen molar-refractivity contribution >= 4 is 17.5 Å². The Hall–Kier alpha value is -4.28. The van der Waals surface area contributed by atoms with Crippen LogP contribution in [0.5, 0.6) is 11.5 Å². The van der Waals surface area contributed by atoms with Crippen LogP contribution in [0.25, 0.3) is 11.4 Å². The van der Waals surface area contributed by atoms with Crippen molar-refractivity contribution in [3.8, 4) is 22.9 Å². The summed E-state index contributed by atoms with van der Waals surface area (Å²) in [6.07, 6.45) is 0. The Morgan fingerprint density at radius 1 is 1.03 bits per heavy atom. The first-order valence-electron chi connectivity index (χ1n) is 10.9. The Balaban J connectivity index is 1.20. The molecule has 11 heteroatoms. The molecule has 1 saturated heterocycles. The van der Waals surface area contributed by atoms with Crippen LogP contribution in [0.2, 0.25) is 0 Å². The molecule has 2 aromatic carbocycles. The third kappa shape index (κ3) is 3.19. The number of carbonyl (C=O) groups excluding carboxylic acids is 2. The van der Waals surface area contributed by atoms with Crippen LogP contribution in [0, 0.1) is 0 Å². The summed E-state index contributed by atoms with van der Waals surface area (Å²) in [5, 5.41) is 13.5. The number of imide groups is 1. The number of anilines is 1. The van der Waals surface area contributed by atoms with Gasteiger partial charge in [-0.1, -0.05) is 36.4 Å². The lowest BCUT2D eigenvalue weighted by atomic mass is 10.0. The first-order valence-corrected chi connectivity index (χ1v) is 10.9. The van der Waals surface area contributed by atoms with E-state index in [1.54, 1.807) is 30.3 Å². The van der Waals surface area contributed by atoms with Crippen molar-refractivity contribution in [2.45, 2.75) is 38.4 Å². The minimum atomic E-state index is -0.895. The van der Waals surface area contributed by atoms with E-state index in [2.05, 4.69) is 34.3 Å². The Morgan fingerprint density at radius 2 is 1.82 bits per heavy atom. The van der Waals surface area contributed by atoms with Crippen LogP contribution in [-0.4, -0.2) is 45.8 Å². The molecule has 1 aromatic heterocycles. The Kier molecular flexibility index (Phi) is 4.57. The number of benzene rings is 2. The largest absolute Gasteiger partial charge is 0.454 e. The molecule has 4 heterocycles. The molecular formula is C23H20N6O5. The zero-order valence-corrected chi connectivity index (χ0v) is 18.4. The highest BCUT2D eigenvalue weighted by atomic mass is 16.7. The average molecular weight is 460 g/mol. The van der Waals surface area contributed by atoms with Crippen LogP contribution in [0.3, 0.4) is 0 Å². The lowest BCUT2D eigenvalue weighted by Crippen LogP contribution is -2.39. The van der Waals surface area contributed by atoms with Crippen molar-refractivity contribution in [2.24, 2.45) is 10.3 Å². The Bertz CT molecular complexity index is 1320. The average Bonchev–Trinajstić information content (AvgIpc) is 3.61. The highest BCUT2D eigenvalue weighted by Crippen LogP contribution is 2.36. The maximum absolute atomic E-state index is 13.2. The molecule has 3 aliphatic rings. The summed E-state index contributed by atoms with van der Waals surface area (Å²) in [5.41, 5.74) is 2.34. The summed E-state index contributed by atoms with van der Waals surface area (Å²) in [4.78, 5) is 31.7. The first kappa shape index (κ1) is 20.3. The van der Waals surface area contributed by atoms with Gasteiger partial charge in [0.2, 0.25) is 18.5 Å². The zero-order valence-electron chi connectivity index (χ0n) is 18.4. The van der Waals surface area contributed by atoms with Crippen LogP contribution in [0.15, 0.2) is 57.3 Å². The fraction of sp³-hybridized carbons (Fsp3) is 0.304. The molecule has 0 bridgehead atoms. The smallest absolute Gasteiger partial charge is 0.263 e. The van der Waals surface area contributed by atoms with E-state index in [4.69, 9.17) is 14.0 Å². The molecule has 3 aromatic rings. The molecule has 0 N–H and O–H groups in total. The molecule has 172 valence electrons. The summed E-state index contributed by atoms with van der Waals surface area (Å²) >= 11 is 0. The second-order valence-corrected chi connectivity index (χ2v) is 8.53. The molecule has 6 rings (SSSR count). The van der Waals surface area contributed by atoms with Crippen molar-refractivity contribution < 1.29 is 23.6 Å². The van der Waals surface area contributed by atoms with Gasteiger partial charge in [0, 0.05) is 5.56 Å². The summed E-state index contributed by atoms with van der Waals surface area (Å²) in [5.74, 6) is 1.44. The molecule has 2 amide bonds. The van der Waals surface area contributed by atoms with E-state index in [9.17, 15) is 9.59 Å². The highest BCUT2D eigenvalue weighted by molar-refractivity contribution is 6.25. The number of aromatic nitrogens is 2. The predicted molar refractivity (Wildman–Crippen MR) is 117 cm³/mol. The summed E-state index contributed by atoms with van der Waals surface area (Å²) < 4.78 is 16.1. The maximum Gasteiger partial charge on any atom is 0.263 e. The van der Waals surface area contributed by atoms with Gasteiger partial charge in [-0.3, -0.25) is 14.6 Å². The SMILES string of the molecule is CC(C)c1ccc(N2C(=O)[C@@H]3N=NN(Cc4nc(-c5ccc6c(c5)OCO6)no4)[C@H]3C2=O)cc1. The van der Waals surface area contributed by atoms with E-state index in [-0.39, 0.29) is 25.1 Å². The molecule has 34 heavy (non-hydrogen) atoms. The third-order valence-electron chi connectivity index (χ3n) is 6.07. The standard InChI is InChI=1S/C23H20N6O5/c1-12(2)13-3-6-15(7-4-13)29-22(30)19-20(23(29)31)28(27-25-19)10-18-24-21(26-34-18)14-5-8-16-17(9-14)33-11-32-16/h3-9,12,19-20H,10-11H2,1-2H3/t19-,20-/m1/s1. The molecule has 0 aliphatic carbocycles. The molecule has 11 nitrogen and oxygen atoms in total. The van der Waals surface area contributed by atoms with Gasteiger partial charge in [0.05, 0.1) is 5.69 Å². The minimum Gasteiger partial charge on any atom is -0.454 e. The summed E-state index contributed by atoms with van der Waals surface area (Å²) in [7, 11) is 0. The Labute approximate surface area is 193 Å². The number of rotatable bonds is 5. The fourth-order valence-electron chi connectivity index (χ4n) is 4.23. The van der Waals surface area contributed by atoms with E-state index in [0.29, 0.717) is 34.5 Å². The first-order chi connectivity index (χ1) is 16.5. The number of fused-ring (bicyclic) bond motifs is 2. The lowest BCUT2D eigenvalue weighted by Gasteiger charge is -2.19. The predicted octanol–water partition coefficient (Wildman–Crippen LogP) is 3.08. The second-order valence-electron chi connectivity index (χ2n) is 8.53. The summed E-state index contributed by atoms with van der Waals surface area (Å²) in [6, 6.07) is 11.0. The lowest BCUT2D eigenvalue weighted by molar-refractivity contribution is -0.123. The van der Waals surface area contributed by atoms with Gasteiger partial charge in [-0.05, 0) is 41.8 Å². The number of ether oxygens (including phenoxy) is 2. The normalized spacial score (nSPS) is 20.7. The van der Waals surface area contributed by atoms with E-state index < -0.39 is 18.0 Å². The number of amides is 2. The van der Waals surface area contributed by atoms with Crippen molar-refractivity contribution in [1.29, 1.82) is 0 Å². The van der Waals surface area contributed by atoms with Crippen LogP contribution in [-0.2, 0) is 16.1 Å². The molecular weight excluding hydrogens is 440 g/mol. The molecule has 0 radical (unpaired) electrons. The second kappa shape index (κ2) is 7.65. The van der Waals surface area contributed by atoms with Crippen LogP contribution < -0.4 is 14.4 Å². The number of nitrogens with zero attached hydrogens (tertiary/aromatic N) is 6. The van der Waals surface area contributed by atoms with Crippen molar-refractivity contribution in [1.82, 2.24) is 15.1 Å². The molecule has 2 atom stereocenters. The molecule has 0 unspecified atom stereocenters. The minimum absolute atomic E-state index is 0.0430. The van der Waals surface area contributed by atoms with Gasteiger partial charge < -0.3 is 14.0 Å². The van der Waals surface area contributed by atoms with Crippen molar-refractivity contribution in [3.05, 3.63) is 53.9 Å².